The first-order valence-electron chi connectivity index (χ1n) is 8.79. The fourth-order valence-corrected chi connectivity index (χ4v) is 3.39. The zero-order valence-corrected chi connectivity index (χ0v) is 14.9. The molecule has 0 unspecified atom stereocenters. The SMILES string of the molecule is CC(C)(C)N(C(=O)OC1CCCCC1)N1C(=O)c2ccccc2C1=O. The third kappa shape index (κ3) is 3.25. The van der Waals surface area contributed by atoms with Crippen LogP contribution in [0.25, 0.3) is 0 Å². The maximum atomic E-state index is 12.8. The van der Waals surface area contributed by atoms with Gasteiger partial charge in [-0.1, -0.05) is 18.6 Å². The standard InChI is InChI=1S/C19H24N2O4/c1-19(2,3)21(18(24)25-13-9-5-4-6-10-13)20-16(22)14-11-7-8-12-15(14)17(20)23/h7-8,11-13H,4-6,9-10H2,1-3H3. The Morgan fingerprint density at radius 2 is 1.56 bits per heavy atom. The second kappa shape index (κ2) is 6.50. The van der Waals surface area contributed by atoms with Gasteiger partial charge in [0.05, 0.1) is 16.7 Å². The number of carbonyl (C=O) groups is 3. The Balaban J connectivity index is 1.88. The topological polar surface area (TPSA) is 66.9 Å². The van der Waals surface area contributed by atoms with E-state index in [9.17, 15) is 14.4 Å². The van der Waals surface area contributed by atoms with Crippen molar-refractivity contribution >= 4 is 17.9 Å². The second-order valence-electron chi connectivity index (χ2n) is 7.59. The van der Waals surface area contributed by atoms with Gasteiger partial charge in [0, 0.05) is 0 Å². The average molecular weight is 344 g/mol. The number of imide groups is 1. The molecule has 1 heterocycles. The molecule has 2 aliphatic rings. The van der Waals surface area contributed by atoms with E-state index in [1.165, 1.54) is 0 Å². The van der Waals surface area contributed by atoms with Crippen molar-refractivity contribution in [2.24, 2.45) is 0 Å². The second-order valence-corrected chi connectivity index (χ2v) is 7.59. The van der Waals surface area contributed by atoms with E-state index in [4.69, 9.17) is 4.74 Å². The molecule has 0 bridgehead atoms. The Bertz CT molecular complexity index is 667. The Kier molecular flexibility index (Phi) is 4.54. The van der Waals surface area contributed by atoms with Crippen molar-refractivity contribution in [2.75, 3.05) is 0 Å². The monoisotopic (exact) mass is 344 g/mol. The van der Waals surface area contributed by atoms with Crippen LogP contribution in [0.3, 0.4) is 0 Å². The van der Waals surface area contributed by atoms with E-state index in [2.05, 4.69) is 0 Å². The molecule has 6 nitrogen and oxygen atoms in total. The number of amides is 3. The van der Waals surface area contributed by atoms with E-state index in [0.29, 0.717) is 11.1 Å². The van der Waals surface area contributed by atoms with Crippen LogP contribution in [0.1, 0.15) is 73.6 Å². The van der Waals surface area contributed by atoms with E-state index in [0.717, 1.165) is 42.1 Å². The summed E-state index contributed by atoms with van der Waals surface area (Å²) >= 11 is 0. The lowest BCUT2D eigenvalue weighted by atomic mass is 9.98. The fourth-order valence-electron chi connectivity index (χ4n) is 3.39. The molecule has 25 heavy (non-hydrogen) atoms. The molecule has 0 spiro atoms. The summed E-state index contributed by atoms with van der Waals surface area (Å²) in [5.41, 5.74) is -0.154. The Morgan fingerprint density at radius 3 is 2.04 bits per heavy atom. The van der Waals surface area contributed by atoms with Crippen LogP contribution in [0, 0.1) is 0 Å². The molecule has 1 fully saturated rings. The molecule has 134 valence electrons. The number of hydrogen-bond donors (Lipinski definition) is 0. The van der Waals surface area contributed by atoms with Gasteiger partial charge in [-0.3, -0.25) is 9.59 Å². The lowest BCUT2D eigenvalue weighted by Crippen LogP contribution is -2.58. The highest BCUT2D eigenvalue weighted by Crippen LogP contribution is 2.30. The van der Waals surface area contributed by atoms with Crippen molar-refractivity contribution in [3.05, 3.63) is 35.4 Å². The first kappa shape index (κ1) is 17.5. The van der Waals surface area contributed by atoms with E-state index in [1.807, 2.05) is 0 Å². The van der Waals surface area contributed by atoms with Crippen LogP contribution in [0.4, 0.5) is 4.79 Å². The molecule has 3 rings (SSSR count). The minimum atomic E-state index is -0.779. The predicted molar refractivity (Wildman–Crippen MR) is 91.9 cm³/mol. The molecule has 6 heteroatoms. The van der Waals surface area contributed by atoms with Crippen LogP contribution in [0.5, 0.6) is 0 Å². The number of rotatable bonds is 2. The Labute approximate surface area is 147 Å². The van der Waals surface area contributed by atoms with Gasteiger partial charge in [-0.25, -0.2) is 9.80 Å². The molecular formula is C19H24N2O4. The van der Waals surface area contributed by atoms with E-state index >= 15 is 0 Å². The van der Waals surface area contributed by atoms with Crippen LogP contribution < -0.4 is 0 Å². The van der Waals surface area contributed by atoms with Crippen molar-refractivity contribution in [2.45, 2.75) is 64.5 Å². The number of nitrogens with zero attached hydrogens (tertiary/aromatic N) is 2. The average Bonchev–Trinajstić information content (AvgIpc) is 2.80. The molecule has 3 amide bonds. The molecule has 1 aromatic carbocycles. The first-order valence-corrected chi connectivity index (χ1v) is 8.79. The summed E-state index contributed by atoms with van der Waals surface area (Å²) in [6, 6.07) is 6.61. The maximum Gasteiger partial charge on any atom is 0.430 e. The lowest BCUT2D eigenvalue weighted by Gasteiger charge is -2.40. The third-order valence-electron chi connectivity index (χ3n) is 4.60. The summed E-state index contributed by atoms with van der Waals surface area (Å²) in [4.78, 5) is 38.3. The summed E-state index contributed by atoms with van der Waals surface area (Å²) < 4.78 is 5.63. The summed E-state index contributed by atoms with van der Waals surface area (Å²) in [5, 5.41) is 2.09. The number of carbonyl (C=O) groups excluding carboxylic acids is 3. The van der Waals surface area contributed by atoms with Gasteiger partial charge in [0.25, 0.3) is 11.8 Å². The molecule has 0 atom stereocenters. The van der Waals surface area contributed by atoms with Crippen molar-refractivity contribution < 1.29 is 19.1 Å². The van der Waals surface area contributed by atoms with Crippen molar-refractivity contribution in [1.82, 2.24) is 10.0 Å². The highest BCUT2D eigenvalue weighted by atomic mass is 16.6. The number of benzene rings is 1. The van der Waals surface area contributed by atoms with Gasteiger partial charge >= 0.3 is 6.09 Å². The van der Waals surface area contributed by atoms with Gasteiger partial charge < -0.3 is 4.74 Å². The molecular weight excluding hydrogens is 320 g/mol. The zero-order valence-electron chi connectivity index (χ0n) is 14.9. The number of fused-ring (bicyclic) bond motifs is 1. The quantitative estimate of drug-likeness (QED) is 0.766. The van der Waals surface area contributed by atoms with Crippen molar-refractivity contribution in [3.63, 3.8) is 0 Å². The number of hydrazine groups is 1. The van der Waals surface area contributed by atoms with Crippen LogP contribution in [-0.2, 0) is 4.74 Å². The molecule has 1 saturated carbocycles. The van der Waals surface area contributed by atoms with E-state index < -0.39 is 23.4 Å². The molecule has 0 aromatic heterocycles. The predicted octanol–water partition coefficient (Wildman–Crippen LogP) is 3.77. The maximum absolute atomic E-state index is 12.8. The molecule has 0 radical (unpaired) electrons. The van der Waals surface area contributed by atoms with E-state index in [1.54, 1.807) is 45.0 Å². The molecule has 0 saturated heterocycles. The largest absolute Gasteiger partial charge is 0.445 e. The van der Waals surface area contributed by atoms with Crippen LogP contribution in [0.15, 0.2) is 24.3 Å². The summed E-state index contributed by atoms with van der Waals surface area (Å²) in [5.74, 6) is -0.979. The molecule has 1 aliphatic carbocycles. The van der Waals surface area contributed by atoms with Gasteiger partial charge in [-0.15, -0.1) is 0 Å². The summed E-state index contributed by atoms with van der Waals surface area (Å²) in [6.07, 6.45) is 4.06. The molecule has 1 aliphatic heterocycles. The molecule has 0 N–H and O–H groups in total. The first-order chi connectivity index (χ1) is 11.8. The van der Waals surface area contributed by atoms with Gasteiger partial charge in [0.1, 0.15) is 6.10 Å². The number of hydrogen-bond acceptors (Lipinski definition) is 4. The lowest BCUT2D eigenvalue weighted by molar-refractivity contribution is -0.0524. The smallest absolute Gasteiger partial charge is 0.430 e. The van der Waals surface area contributed by atoms with Crippen LogP contribution in [0.2, 0.25) is 0 Å². The highest BCUT2D eigenvalue weighted by molar-refractivity contribution is 6.21. The van der Waals surface area contributed by atoms with Gasteiger partial charge in [-0.05, 0) is 58.6 Å². The Morgan fingerprint density at radius 1 is 1.04 bits per heavy atom. The van der Waals surface area contributed by atoms with Gasteiger partial charge in [0.15, 0.2) is 0 Å². The van der Waals surface area contributed by atoms with Gasteiger partial charge in [0.2, 0.25) is 0 Å². The van der Waals surface area contributed by atoms with Gasteiger partial charge in [-0.2, -0.15) is 5.01 Å². The normalized spacial score (nSPS) is 18.3. The highest BCUT2D eigenvalue weighted by Gasteiger charge is 2.46. The van der Waals surface area contributed by atoms with Crippen molar-refractivity contribution in [3.8, 4) is 0 Å². The van der Waals surface area contributed by atoms with Crippen LogP contribution >= 0.6 is 0 Å². The number of ether oxygens (including phenoxy) is 1. The molecule has 1 aromatic rings. The van der Waals surface area contributed by atoms with Crippen molar-refractivity contribution in [1.29, 1.82) is 0 Å². The third-order valence-corrected chi connectivity index (χ3v) is 4.60. The minimum absolute atomic E-state index is 0.152. The Hall–Kier alpha value is -2.37. The summed E-state index contributed by atoms with van der Waals surface area (Å²) in [7, 11) is 0. The summed E-state index contributed by atoms with van der Waals surface area (Å²) in [6.45, 7) is 5.33. The minimum Gasteiger partial charge on any atom is -0.445 e. The van der Waals surface area contributed by atoms with Crippen LogP contribution in [-0.4, -0.2) is 39.6 Å². The fraction of sp³-hybridized carbons (Fsp3) is 0.526. The zero-order chi connectivity index (χ0) is 18.2. The van der Waals surface area contributed by atoms with E-state index in [-0.39, 0.29) is 6.10 Å².